The molecule has 16 heavy (non-hydrogen) atoms. The van der Waals surface area contributed by atoms with Crippen molar-refractivity contribution in [2.45, 2.75) is 30.9 Å². The third-order valence-corrected chi connectivity index (χ3v) is 3.16. The Hall–Kier alpha value is -0.900. The van der Waals surface area contributed by atoms with Gasteiger partial charge in [-0.3, -0.25) is 4.79 Å². The molecule has 1 aliphatic carbocycles. The van der Waals surface area contributed by atoms with Gasteiger partial charge in [0.05, 0.1) is 5.48 Å². The molecule has 0 bridgehead atoms. The molecule has 1 aliphatic rings. The molecular formula is C12H14ClNO2. The summed E-state index contributed by atoms with van der Waals surface area (Å²) in [6.07, 6.45) is -0.281. The largest absolute Gasteiger partial charge is 0.385 e. The molecule has 2 unspecified atom stereocenters. The van der Waals surface area contributed by atoms with E-state index in [1.807, 2.05) is 0 Å². The first-order valence-electron chi connectivity index (χ1n) is 6.99. The lowest BCUT2D eigenvalue weighted by atomic mass is 9.75. The number of halogens is 1. The molecule has 4 heteroatoms. The number of carbonyl (C=O) groups excluding carboxylic acids is 1. The highest BCUT2D eigenvalue weighted by Crippen LogP contribution is 2.35. The minimum Gasteiger partial charge on any atom is -0.385 e. The van der Waals surface area contributed by atoms with Gasteiger partial charge in [0.25, 0.3) is 0 Å². The van der Waals surface area contributed by atoms with Crippen molar-refractivity contribution in [3.8, 4) is 0 Å². The molecule has 0 spiro atoms. The maximum Gasteiger partial charge on any atom is 0.185 e. The van der Waals surface area contributed by atoms with Crippen LogP contribution in [0, 0.1) is 0 Å². The van der Waals surface area contributed by atoms with Crippen LogP contribution in [0.25, 0.3) is 0 Å². The van der Waals surface area contributed by atoms with Gasteiger partial charge in [-0.1, -0.05) is 29.7 Å². The molecule has 2 rings (SSSR count). The van der Waals surface area contributed by atoms with Gasteiger partial charge in [0.1, 0.15) is 11.6 Å². The van der Waals surface area contributed by atoms with Gasteiger partial charge in [0.15, 0.2) is 5.78 Å². The van der Waals surface area contributed by atoms with Gasteiger partial charge in [-0.25, -0.2) is 0 Å². The van der Waals surface area contributed by atoms with Crippen LogP contribution in [0.5, 0.6) is 0 Å². The van der Waals surface area contributed by atoms with E-state index in [1.54, 1.807) is 0 Å². The van der Waals surface area contributed by atoms with Crippen molar-refractivity contribution in [1.29, 1.82) is 0 Å². The van der Waals surface area contributed by atoms with E-state index in [1.165, 1.54) is 0 Å². The molecule has 3 N–H and O–H groups in total. The summed E-state index contributed by atoms with van der Waals surface area (Å²) in [5.41, 5.74) is 4.26. The number of hydrogen-bond acceptors (Lipinski definition) is 3. The SMILES string of the molecule is [2H]c1c([2H])c([2H])c(C2(N)CCCC(O)C2=O)c(Cl)c1[2H]. The summed E-state index contributed by atoms with van der Waals surface area (Å²) in [5, 5.41) is 9.42. The number of aliphatic hydroxyl groups is 1. The summed E-state index contributed by atoms with van der Waals surface area (Å²) in [4.78, 5) is 12.2. The van der Waals surface area contributed by atoms with Crippen LogP contribution in [-0.4, -0.2) is 17.0 Å². The summed E-state index contributed by atoms with van der Waals surface area (Å²) in [7, 11) is 0. The van der Waals surface area contributed by atoms with Crippen LogP contribution in [0.3, 0.4) is 0 Å². The van der Waals surface area contributed by atoms with Crippen LogP contribution in [0.15, 0.2) is 24.2 Å². The Balaban J connectivity index is 2.72. The predicted octanol–water partition coefficient (Wildman–Crippen LogP) is 1.61. The molecular weight excluding hydrogens is 226 g/mol. The van der Waals surface area contributed by atoms with E-state index in [4.69, 9.17) is 22.8 Å². The van der Waals surface area contributed by atoms with Gasteiger partial charge in [-0.15, -0.1) is 0 Å². The van der Waals surface area contributed by atoms with Crippen LogP contribution in [0.4, 0.5) is 0 Å². The van der Waals surface area contributed by atoms with Gasteiger partial charge in [-0.2, -0.15) is 0 Å². The molecule has 1 aromatic carbocycles. The molecule has 0 aliphatic heterocycles. The zero-order valence-corrected chi connectivity index (χ0v) is 9.27. The fourth-order valence-corrected chi connectivity index (χ4v) is 2.24. The first-order chi connectivity index (χ1) is 9.21. The molecule has 1 saturated carbocycles. The van der Waals surface area contributed by atoms with Crippen molar-refractivity contribution in [3.05, 3.63) is 34.8 Å². The Morgan fingerprint density at radius 1 is 1.56 bits per heavy atom. The highest BCUT2D eigenvalue weighted by molar-refractivity contribution is 6.31. The Labute approximate surface area is 105 Å². The second kappa shape index (κ2) is 4.17. The van der Waals surface area contributed by atoms with Crippen LogP contribution in [0.2, 0.25) is 5.02 Å². The van der Waals surface area contributed by atoms with Gasteiger partial charge in [0.2, 0.25) is 0 Å². The number of nitrogens with two attached hydrogens (primary N) is 1. The molecule has 0 radical (unpaired) electrons. The lowest BCUT2D eigenvalue weighted by Gasteiger charge is -2.35. The molecule has 0 saturated heterocycles. The Bertz CT molecular complexity index is 566. The summed E-state index contributed by atoms with van der Waals surface area (Å²) in [6, 6.07) is -1.83. The lowest BCUT2D eigenvalue weighted by Crippen LogP contribution is -2.52. The quantitative estimate of drug-likeness (QED) is 0.788. The minimum atomic E-state index is -1.68. The van der Waals surface area contributed by atoms with Crippen molar-refractivity contribution >= 4 is 17.4 Å². The average Bonchev–Trinajstić information content (AvgIpc) is 2.40. The number of hydrogen-bond donors (Lipinski definition) is 2. The van der Waals surface area contributed by atoms with Gasteiger partial charge in [-0.05, 0) is 30.9 Å². The lowest BCUT2D eigenvalue weighted by molar-refractivity contribution is -0.136. The summed E-state index contributed by atoms with van der Waals surface area (Å²) >= 11 is 5.99. The van der Waals surface area contributed by atoms with Gasteiger partial charge >= 0.3 is 0 Å². The number of rotatable bonds is 1. The van der Waals surface area contributed by atoms with Crippen molar-refractivity contribution < 1.29 is 15.4 Å². The fraction of sp³-hybridized carbons (Fsp3) is 0.417. The smallest absolute Gasteiger partial charge is 0.185 e. The molecule has 1 aromatic rings. The Kier molecular flexibility index (Phi) is 1.93. The second-order valence-electron chi connectivity index (χ2n) is 3.93. The summed E-state index contributed by atoms with van der Waals surface area (Å²) in [6.45, 7) is 0. The third-order valence-electron chi connectivity index (χ3n) is 2.88. The fourth-order valence-electron chi connectivity index (χ4n) is 1.98. The number of benzene rings is 1. The van der Waals surface area contributed by atoms with Crippen molar-refractivity contribution in [1.82, 2.24) is 0 Å². The van der Waals surface area contributed by atoms with E-state index in [-0.39, 0.29) is 17.0 Å². The minimum absolute atomic E-state index is 0.131. The summed E-state index contributed by atoms with van der Waals surface area (Å²) < 4.78 is 30.8. The van der Waals surface area contributed by atoms with Crippen molar-refractivity contribution in [3.63, 3.8) is 0 Å². The van der Waals surface area contributed by atoms with Gasteiger partial charge in [0, 0.05) is 5.02 Å². The van der Waals surface area contributed by atoms with E-state index < -0.39 is 41.6 Å². The van der Waals surface area contributed by atoms with Crippen molar-refractivity contribution in [2.24, 2.45) is 5.73 Å². The first-order valence-corrected chi connectivity index (χ1v) is 5.37. The maximum atomic E-state index is 12.2. The van der Waals surface area contributed by atoms with Crippen molar-refractivity contribution in [2.75, 3.05) is 0 Å². The Morgan fingerprint density at radius 2 is 2.25 bits per heavy atom. The highest BCUT2D eigenvalue weighted by Gasteiger charge is 2.43. The summed E-state index contributed by atoms with van der Waals surface area (Å²) in [5.74, 6) is -0.657. The standard InChI is InChI=1S/C12H14ClNO2/c13-9-5-2-1-4-8(9)12(14)7-3-6-10(15)11(12)16/h1-2,4-5,10,15H,3,6-7,14H2/i1D,2D,4D,5D. The topological polar surface area (TPSA) is 63.3 Å². The molecule has 3 nitrogen and oxygen atoms in total. The number of Topliss-reactive ketones (excluding diaryl/α,β-unsaturated/α-hetero) is 1. The monoisotopic (exact) mass is 243 g/mol. The second-order valence-corrected chi connectivity index (χ2v) is 4.31. The average molecular weight is 244 g/mol. The molecule has 0 heterocycles. The zero-order chi connectivity index (χ0) is 15.2. The molecule has 0 aromatic heterocycles. The van der Waals surface area contributed by atoms with E-state index in [9.17, 15) is 9.90 Å². The van der Waals surface area contributed by atoms with Crippen LogP contribution in [0.1, 0.15) is 30.3 Å². The number of aliphatic hydroxyl groups excluding tert-OH is 1. The van der Waals surface area contributed by atoms with E-state index in [0.29, 0.717) is 12.8 Å². The number of carbonyl (C=O) groups is 1. The van der Waals surface area contributed by atoms with E-state index in [0.717, 1.165) is 0 Å². The molecule has 86 valence electrons. The Morgan fingerprint density at radius 3 is 3.00 bits per heavy atom. The zero-order valence-electron chi connectivity index (χ0n) is 12.5. The molecule has 0 amide bonds. The first kappa shape index (κ1) is 7.43. The third kappa shape index (κ3) is 1.75. The van der Waals surface area contributed by atoms with E-state index in [2.05, 4.69) is 0 Å². The molecule has 1 fully saturated rings. The predicted molar refractivity (Wildman–Crippen MR) is 62.2 cm³/mol. The van der Waals surface area contributed by atoms with E-state index >= 15 is 0 Å². The van der Waals surface area contributed by atoms with Crippen LogP contribution >= 0.6 is 11.6 Å². The normalized spacial score (nSPS) is 33.9. The highest BCUT2D eigenvalue weighted by atomic mass is 35.5. The maximum absolute atomic E-state index is 12.2. The molecule has 2 atom stereocenters. The van der Waals surface area contributed by atoms with Crippen LogP contribution in [-0.2, 0) is 10.3 Å². The van der Waals surface area contributed by atoms with Gasteiger partial charge < -0.3 is 10.8 Å². The van der Waals surface area contributed by atoms with Crippen LogP contribution < -0.4 is 5.73 Å². The number of ketones is 1.